The number of carbonyl (C=O) groups excluding carboxylic acids is 1. The van der Waals surface area contributed by atoms with E-state index in [9.17, 15) is 4.79 Å². The van der Waals surface area contributed by atoms with E-state index in [0.29, 0.717) is 18.7 Å². The molecule has 0 aromatic carbocycles. The summed E-state index contributed by atoms with van der Waals surface area (Å²) in [5.41, 5.74) is 6.54. The minimum Gasteiger partial charge on any atom is -0.326 e. The van der Waals surface area contributed by atoms with Gasteiger partial charge in [-0.25, -0.2) is 4.98 Å². The highest BCUT2D eigenvalue weighted by molar-refractivity contribution is 9.10. The molecule has 5 heteroatoms. The van der Waals surface area contributed by atoms with Crippen molar-refractivity contribution in [1.82, 2.24) is 4.98 Å². The number of hydrogen-bond acceptors (Lipinski definition) is 3. The first-order chi connectivity index (χ1) is 7.78. The summed E-state index contributed by atoms with van der Waals surface area (Å²) in [6, 6.07) is 1.83. The Balaban J connectivity index is 2.54. The van der Waals surface area contributed by atoms with Crippen molar-refractivity contribution in [3.05, 3.63) is 22.3 Å². The van der Waals surface area contributed by atoms with E-state index in [1.807, 2.05) is 26.8 Å². The molecular weight excluding hydrogens is 282 g/mol. The van der Waals surface area contributed by atoms with E-state index in [2.05, 4.69) is 26.2 Å². The lowest BCUT2D eigenvalue weighted by Gasteiger charge is -2.17. The van der Waals surface area contributed by atoms with E-state index < -0.39 is 0 Å². The van der Waals surface area contributed by atoms with Crippen molar-refractivity contribution in [2.45, 2.75) is 39.2 Å². The van der Waals surface area contributed by atoms with Crippen molar-refractivity contribution in [2.75, 3.05) is 5.32 Å². The third kappa shape index (κ3) is 5.28. The van der Waals surface area contributed by atoms with Crippen LogP contribution in [0.1, 0.15) is 32.3 Å². The number of nitrogens with zero attached hydrogens (tertiary/aromatic N) is 1. The molecule has 0 saturated carbocycles. The van der Waals surface area contributed by atoms with Gasteiger partial charge >= 0.3 is 0 Å². The Bertz CT molecular complexity index is 413. The molecule has 0 aliphatic carbocycles. The molecule has 0 aliphatic heterocycles. The number of carbonyl (C=O) groups is 1. The zero-order chi connectivity index (χ0) is 13.1. The Morgan fingerprint density at radius 3 is 2.76 bits per heavy atom. The van der Waals surface area contributed by atoms with Crippen molar-refractivity contribution < 1.29 is 4.79 Å². The van der Waals surface area contributed by atoms with Gasteiger partial charge in [-0.3, -0.25) is 4.79 Å². The first kappa shape index (κ1) is 14.1. The number of hydrogen-bond donors (Lipinski definition) is 2. The molecular formula is C12H18BrN3O. The second kappa shape index (κ2) is 5.60. The summed E-state index contributed by atoms with van der Waals surface area (Å²) >= 11 is 3.36. The number of nitrogens with one attached hydrogen (secondary N) is 1. The second-order valence-corrected chi connectivity index (χ2v) is 5.71. The molecule has 0 saturated heterocycles. The van der Waals surface area contributed by atoms with E-state index in [1.54, 1.807) is 6.20 Å². The van der Waals surface area contributed by atoms with Crippen LogP contribution in [-0.2, 0) is 4.79 Å². The smallest absolute Gasteiger partial charge is 0.225 e. The van der Waals surface area contributed by atoms with Gasteiger partial charge in [-0.2, -0.15) is 0 Å². The van der Waals surface area contributed by atoms with Gasteiger partial charge in [-0.05, 0) is 54.8 Å². The predicted molar refractivity (Wildman–Crippen MR) is 72.8 cm³/mol. The van der Waals surface area contributed by atoms with Crippen LogP contribution < -0.4 is 11.1 Å². The molecule has 0 aliphatic rings. The molecule has 1 amide bonds. The number of anilines is 1. The van der Waals surface area contributed by atoms with Gasteiger partial charge in [-0.15, -0.1) is 0 Å². The summed E-state index contributed by atoms with van der Waals surface area (Å²) in [6.45, 7) is 5.76. The maximum atomic E-state index is 11.6. The molecule has 0 atom stereocenters. The normalized spacial score (nSPS) is 11.4. The van der Waals surface area contributed by atoms with Gasteiger partial charge in [0.15, 0.2) is 0 Å². The number of aryl methyl sites for hydroxylation is 1. The Morgan fingerprint density at radius 2 is 2.24 bits per heavy atom. The minimum absolute atomic E-state index is 0.0576. The van der Waals surface area contributed by atoms with E-state index in [0.717, 1.165) is 10.0 Å². The summed E-state index contributed by atoms with van der Waals surface area (Å²) in [5, 5.41) is 2.76. The van der Waals surface area contributed by atoms with Crippen LogP contribution in [0.2, 0.25) is 0 Å². The zero-order valence-electron chi connectivity index (χ0n) is 10.4. The van der Waals surface area contributed by atoms with Crippen molar-refractivity contribution in [1.29, 1.82) is 0 Å². The lowest BCUT2D eigenvalue weighted by molar-refractivity contribution is -0.116. The fourth-order valence-electron chi connectivity index (χ4n) is 1.25. The molecule has 0 radical (unpaired) electrons. The Hall–Kier alpha value is -0.940. The molecule has 17 heavy (non-hydrogen) atoms. The first-order valence-corrected chi connectivity index (χ1v) is 6.28. The third-order valence-corrected chi connectivity index (χ3v) is 3.14. The number of pyridine rings is 1. The van der Waals surface area contributed by atoms with Gasteiger partial charge in [0.1, 0.15) is 5.82 Å². The second-order valence-electron chi connectivity index (χ2n) is 4.86. The van der Waals surface area contributed by atoms with Gasteiger partial charge in [0.2, 0.25) is 5.91 Å². The average molecular weight is 300 g/mol. The lowest BCUT2D eigenvalue weighted by Crippen LogP contribution is -2.33. The predicted octanol–water partition coefficient (Wildman–Crippen LogP) is 2.61. The van der Waals surface area contributed by atoms with Crippen LogP contribution in [0.4, 0.5) is 5.82 Å². The molecule has 3 N–H and O–H groups in total. The quantitative estimate of drug-likeness (QED) is 0.898. The van der Waals surface area contributed by atoms with Crippen LogP contribution in [-0.4, -0.2) is 16.4 Å². The molecule has 1 rings (SSSR count). The molecule has 0 bridgehead atoms. The van der Waals surface area contributed by atoms with Crippen molar-refractivity contribution >= 4 is 27.7 Å². The summed E-state index contributed by atoms with van der Waals surface area (Å²) in [4.78, 5) is 15.8. The number of rotatable bonds is 4. The van der Waals surface area contributed by atoms with Crippen LogP contribution in [0.5, 0.6) is 0 Å². The number of amides is 1. The maximum Gasteiger partial charge on any atom is 0.225 e. The zero-order valence-corrected chi connectivity index (χ0v) is 12.0. The molecule has 0 fully saturated rings. The topological polar surface area (TPSA) is 68.0 Å². The molecule has 94 valence electrons. The summed E-state index contributed by atoms with van der Waals surface area (Å²) in [7, 11) is 0. The number of aromatic nitrogens is 1. The van der Waals surface area contributed by atoms with Gasteiger partial charge in [-0.1, -0.05) is 0 Å². The summed E-state index contributed by atoms with van der Waals surface area (Å²) in [6.07, 6.45) is 2.73. The van der Waals surface area contributed by atoms with Gasteiger partial charge in [0.05, 0.1) is 0 Å². The minimum atomic E-state index is -0.319. The van der Waals surface area contributed by atoms with Crippen molar-refractivity contribution in [3.63, 3.8) is 0 Å². The molecule has 0 unspecified atom stereocenters. The van der Waals surface area contributed by atoms with Crippen LogP contribution >= 0.6 is 15.9 Å². The SMILES string of the molecule is Cc1cc(NC(=O)CCC(C)(C)N)ncc1Br. The maximum absolute atomic E-state index is 11.6. The Kier molecular flexibility index (Phi) is 4.65. The van der Waals surface area contributed by atoms with E-state index in [-0.39, 0.29) is 11.4 Å². The highest BCUT2D eigenvalue weighted by Gasteiger charge is 2.13. The van der Waals surface area contributed by atoms with E-state index in [1.165, 1.54) is 0 Å². The van der Waals surface area contributed by atoms with Crippen LogP contribution in [0.3, 0.4) is 0 Å². The third-order valence-electron chi connectivity index (χ3n) is 2.31. The van der Waals surface area contributed by atoms with Crippen LogP contribution in [0.15, 0.2) is 16.7 Å². The van der Waals surface area contributed by atoms with Gasteiger partial charge < -0.3 is 11.1 Å². The van der Waals surface area contributed by atoms with E-state index in [4.69, 9.17) is 5.73 Å². The summed E-state index contributed by atoms with van der Waals surface area (Å²) < 4.78 is 0.929. The standard InChI is InChI=1S/C12H18BrN3O/c1-8-6-10(15-7-9(8)13)16-11(17)4-5-12(2,3)14/h6-7H,4-5,14H2,1-3H3,(H,15,16,17). The van der Waals surface area contributed by atoms with Crippen molar-refractivity contribution in [3.8, 4) is 0 Å². The number of halogens is 1. The molecule has 4 nitrogen and oxygen atoms in total. The average Bonchev–Trinajstić information content (AvgIpc) is 2.20. The largest absolute Gasteiger partial charge is 0.326 e. The lowest BCUT2D eigenvalue weighted by atomic mass is 10.00. The van der Waals surface area contributed by atoms with Crippen LogP contribution in [0.25, 0.3) is 0 Å². The fraction of sp³-hybridized carbons (Fsp3) is 0.500. The Morgan fingerprint density at radius 1 is 1.59 bits per heavy atom. The molecule has 1 aromatic heterocycles. The van der Waals surface area contributed by atoms with Crippen LogP contribution in [0, 0.1) is 6.92 Å². The van der Waals surface area contributed by atoms with Crippen molar-refractivity contribution in [2.24, 2.45) is 5.73 Å². The molecule has 1 heterocycles. The van der Waals surface area contributed by atoms with E-state index >= 15 is 0 Å². The van der Waals surface area contributed by atoms with Gasteiger partial charge in [0, 0.05) is 22.6 Å². The fourth-order valence-corrected chi connectivity index (χ4v) is 1.47. The first-order valence-electron chi connectivity index (χ1n) is 5.49. The highest BCUT2D eigenvalue weighted by Crippen LogP contribution is 2.17. The number of nitrogens with two attached hydrogens (primary N) is 1. The molecule has 0 spiro atoms. The summed E-state index contributed by atoms with van der Waals surface area (Å²) in [5.74, 6) is 0.517. The molecule has 1 aromatic rings. The van der Waals surface area contributed by atoms with Gasteiger partial charge in [0.25, 0.3) is 0 Å². The highest BCUT2D eigenvalue weighted by atomic mass is 79.9. The Labute approximate surface area is 110 Å². The monoisotopic (exact) mass is 299 g/mol.